The molecular weight excluding hydrogens is 394 g/mol. The zero-order valence-electron chi connectivity index (χ0n) is 12.5. The lowest BCUT2D eigenvalue weighted by Crippen LogP contribution is -2.07. The summed E-state index contributed by atoms with van der Waals surface area (Å²) < 4.78 is 39.3. The Balaban J connectivity index is 2.40. The second-order valence-electron chi connectivity index (χ2n) is 4.62. The van der Waals surface area contributed by atoms with Gasteiger partial charge in [-0.2, -0.15) is 23.7 Å². The number of allylic oxidation sites excluding steroid dienone is 2. The minimum atomic E-state index is -4.60. The van der Waals surface area contributed by atoms with Crippen molar-refractivity contribution in [2.24, 2.45) is 10.7 Å². The van der Waals surface area contributed by atoms with Gasteiger partial charge in [0, 0.05) is 0 Å². The molecule has 0 amide bonds. The summed E-state index contributed by atoms with van der Waals surface area (Å²) in [4.78, 5) is 3.70. The van der Waals surface area contributed by atoms with Crippen LogP contribution in [0.25, 0.3) is 5.69 Å². The molecule has 12 heteroatoms. The van der Waals surface area contributed by atoms with Crippen LogP contribution >= 0.6 is 23.2 Å². The SMILES string of the molecule is N#C/C(N)=C(\C#N)N=Cc1cn(-c2c(Cl)cc(C(F)(F)F)cc2Cl)nn1. The lowest BCUT2D eigenvalue weighted by atomic mass is 10.2. The largest absolute Gasteiger partial charge is 0.416 e. The highest BCUT2D eigenvalue weighted by Gasteiger charge is 2.32. The molecule has 0 unspecified atom stereocenters. The van der Waals surface area contributed by atoms with Crippen LogP contribution in [0.15, 0.2) is 34.7 Å². The first-order chi connectivity index (χ1) is 12.2. The summed E-state index contributed by atoms with van der Waals surface area (Å²) in [6.45, 7) is 0. The van der Waals surface area contributed by atoms with E-state index in [-0.39, 0.29) is 32.8 Å². The molecule has 2 N–H and O–H groups in total. The molecule has 0 aliphatic rings. The summed E-state index contributed by atoms with van der Waals surface area (Å²) in [6.07, 6.45) is -2.24. The van der Waals surface area contributed by atoms with E-state index < -0.39 is 11.7 Å². The first-order valence-corrected chi connectivity index (χ1v) is 7.26. The summed E-state index contributed by atoms with van der Waals surface area (Å²) >= 11 is 11.8. The van der Waals surface area contributed by atoms with Gasteiger partial charge < -0.3 is 5.73 Å². The van der Waals surface area contributed by atoms with Gasteiger partial charge in [-0.25, -0.2) is 9.67 Å². The zero-order chi connectivity index (χ0) is 19.5. The molecule has 7 nitrogen and oxygen atoms in total. The van der Waals surface area contributed by atoms with Crippen molar-refractivity contribution in [2.45, 2.75) is 6.18 Å². The lowest BCUT2D eigenvalue weighted by Gasteiger charge is -2.11. The number of hydrogen-bond acceptors (Lipinski definition) is 6. The Hall–Kier alpha value is -3.08. The van der Waals surface area contributed by atoms with Crippen molar-refractivity contribution >= 4 is 29.4 Å². The highest BCUT2D eigenvalue weighted by Crippen LogP contribution is 2.37. The third kappa shape index (κ3) is 4.11. The van der Waals surface area contributed by atoms with Crippen LogP contribution in [0.1, 0.15) is 11.3 Å². The fourth-order valence-corrected chi connectivity index (χ4v) is 2.40. The first-order valence-electron chi connectivity index (χ1n) is 6.50. The lowest BCUT2D eigenvalue weighted by molar-refractivity contribution is -0.137. The number of halogens is 5. The van der Waals surface area contributed by atoms with Crippen molar-refractivity contribution in [1.82, 2.24) is 15.0 Å². The minimum absolute atomic E-state index is 0.0129. The van der Waals surface area contributed by atoms with E-state index in [1.165, 1.54) is 6.20 Å². The molecular formula is C14H6Cl2F3N7. The van der Waals surface area contributed by atoms with Gasteiger partial charge >= 0.3 is 6.18 Å². The van der Waals surface area contributed by atoms with Crippen LogP contribution in [0.3, 0.4) is 0 Å². The summed E-state index contributed by atoms with van der Waals surface area (Å²) in [7, 11) is 0. The van der Waals surface area contributed by atoms with Crippen molar-refractivity contribution in [3.8, 4) is 17.8 Å². The van der Waals surface area contributed by atoms with E-state index in [2.05, 4.69) is 15.3 Å². The minimum Gasteiger partial charge on any atom is -0.388 e. The van der Waals surface area contributed by atoms with Crippen LogP contribution in [0.5, 0.6) is 0 Å². The highest BCUT2D eigenvalue weighted by molar-refractivity contribution is 6.37. The summed E-state index contributed by atoms with van der Waals surface area (Å²) in [5, 5.41) is 24.3. The first kappa shape index (κ1) is 19.2. The Morgan fingerprint density at radius 1 is 1.23 bits per heavy atom. The van der Waals surface area contributed by atoms with Gasteiger partial charge in [0.1, 0.15) is 29.2 Å². The Bertz CT molecular complexity index is 970. The number of alkyl halides is 3. The molecule has 2 rings (SSSR count). The number of rotatable bonds is 3. The third-order valence-electron chi connectivity index (χ3n) is 2.89. The van der Waals surface area contributed by atoms with E-state index in [4.69, 9.17) is 39.5 Å². The van der Waals surface area contributed by atoms with E-state index in [1.54, 1.807) is 12.1 Å². The number of nitrogens with two attached hydrogens (primary N) is 1. The number of aliphatic imine (C=N–C) groups is 1. The Labute approximate surface area is 154 Å². The van der Waals surface area contributed by atoms with Gasteiger partial charge in [-0.15, -0.1) is 5.10 Å². The standard InChI is InChI=1S/C14H6Cl2F3N7/c15-9-1-7(14(17,18)19)2-10(16)13(9)26-6-8(24-25-26)5-23-12(4-21)11(22)3-20/h1-2,5-6H,22H2/b12-11-,23-5?. The van der Waals surface area contributed by atoms with E-state index in [0.29, 0.717) is 12.1 Å². The van der Waals surface area contributed by atoms with Crippen LogP contribution in [0, 0.1) is 22.7 Å². The van der Waals surface area contributed by atoms with Crippen LogP contribution in [-0.4, -0.2) is 21.2 Å². The second kappa shape index (κ2) is 7.44. The quantitative estimate of drug-likeness (QED) is 0.627. The molecule has 0 bridgehead atoms. The number of nitriles is 2. The molecule has 132 valence electrons. The van der Waals surface area contributed by atoms with Crippen LogP contribution < -0.4 is 5.73 Å². The van der Waals surface area contributed by atoms with E-state index in [0.717, 1.165) is 10.9 Å². The van der Waals surface area contributed by atoms with Gasteiger partial charge in [-0.3, -0.25) is 0 Å². The summed E-state index contributed by atoms with van der Waals surface area (Å²) in [5.74, 6) is 0. The third-order valence-corrected chi connectivity index (χ3v) is 3.47. The maximum absolute atomic E-state index is 12.8. The summed E-state index contributed by atoms with van der Waals surface area (Å²) in [6, 6.07) is 4.62. The number of hydrogen-bond donors (Lipinski definition) is 1. The number of benzene rings is 1. The fraction of sp³-hybridized carbons (Fsp3) is 0.0714. The molecule has 1 aromatic carbocycles. The van der Waals surface area contributed by atoms with Crippen LogP contribution in [0.2, 0.25) is 10.0 Å². The Kier molecular flexibility index (Phi) is 5.50. The van der Waals surface area contributed by atoms with Gasteiger partial charge in [-0.05, 0) is 12.1 Å². The molecule has 2 aromatic rings. The smallest absolute Gasteiger partial charge is 0.388 e. The molecule has 1 aromatic heterocycles. The molecule has 0 aliphatic heterocycles. The predicted molar refractivity (Wildman–Crippen MR) is 86.4 cm³/mol. The van der Waals surface area contributed by atoms with Gasteiger partial charge in [-0.1, -0.05) is 28.4 Å². The monoisotopic (exact) mass is 399 g/mol. The van der Waals surface area contributed by atoms with Gasteiger partial charge in [0.15, 0.2) is 5.70 Å². The number of aromatic nitrogens is 3. The van der Waals surface area contributed by atoms with E-state index >= 15 is 0 Å². The molecule has 1 heterocycles. The van der Waals surface area contributed by atoms with Crippen molar-refractivity contribution in [1.29, 1.82) is 10.5 Å². The Morgan fingerprint density at radius 3 is 2.35 bits per heavy atom. The topological polar surface area (TPSA) is 117 Å². The van der Waals surface area contributed by atoms with Crippen molar-refractivity contribution in [3.05, 3.63) is 51.0 Å². The highest BCUT2D eigenvalue weighted by atomic mass is 35.5. The normalized spacial score (nSPS) is 12.6. The molecule has 26 heavy (non-hydrogen) atoms. The fourth-order valence-electron chi connectivity index (χ4n) is 1.74. The molecule has 0 saturated heterocycles. The second-order valence-corrected chi connectivity index (χ2v) is 5.43. The maximum atomic E-state index is 12.8. The molecule has 0 saturated carbocycles. The van der Waals surface area contributed by atoms with Crippen LogP contribution in [-0.2, 0) is 6.18 Å². The molecule has 0 fully saturated rings. The molecule has 0 atom stereocenters. The van der Waals surface area contributed by atoms with Gasteiger partial charge in [0.05, 0.1) is 28.0 Å². The molecule has 0 aliphatic carbocycles. The molecule has 0 spiro atoms. The van der Waals surface area contributed by atoms with E-state index in [9.17, 15) is 13.2 Å². The maximum Gasteiger partial charge on any atom is 0.416 e. The predicted octanol–water partition coefficient (Wildman–Crippen LogP) is 3.23. The van der Waals surface area contributed by atoms with Crippen molar-refractivity contribution in [2.75, 3.05) is 0 Å². The zero-order valence-corrected chi connectivity index (χ0v) is 14.0. The van der Waals surface area contributed by atoms with E-state index in [1.807, 2.05) is 0 Å². The molecule has 0 radical (unpaired) electrons. The Morgan fingerprint density at radius 2 is 1.85 bits per heavy atom. The van der Waals surface area contributed by atoms with Crippen LogP contribution in [0.4, 0.5) is 13.2 Å². The average molecular weight is 400 g/mol. The van der Waals surface area contributed by atoms with Gasteiger partial charge in [0.25, 0.3) is 0 Å². The van der Waals surface area contributed by atoms with Gasteiger partial charge in [0.2, 0.25) is 0 Å². The average Bonchev–Trinajstić information content (AvgIpc) is 3.02. The number of nitrogens with zero attached hydrogens (tertiary/aromatic N) is 6. The van der Waals surface area contributed by atoms with Crippen molar-refractivity contribution < 1.29 is 13.2 Å². The summed E-state index contributed by atoms with van der Waals surface area (Å²) in [5.41, 5.74) is 3.68. The van der Waals surface area contributed by atoms with Crippen molar-refractivity contribution in [3.63, 3.8) is 0 Å².